The highest BCUT2D eigenvalue weighted by molar-refractivity contribution is 14.1. The van der Waals surface area contributed by atoms with Crippen molar-refractivity contribution >= 4 is 44.2 Å². The molecule has 0 saturated heterocycles. The van der Waals surface area contributed by atoms with Gasteiger partial charge in [-0.3, -0.25) is 4.79 Å². The molecule has 2 aromatic rings. The van der Waals surface area contributed by atoms with Crippen LogP contribution < -0.4 is 10.0 Å². The van der Waals surface area contributed by atoms with Crippen LogP contribution in [0.2, 0.25) is 0 Å². The van der Waals surface area contributed by atoms with Crippen LogP contribution in [0.4, 0.5) is 5.69 Å². The second-order valence-electron chi connectivity index (χ2n) is 5.39. The molecular formula is C17H19IN2O3S. The van der Waals surface area contributed by atoms with E-state index in [-0.39, 0.29) is 16.8 Å². The van der Waals surface area contributed by atoms with E-state index in [2.05, 4.69) is 32.6 Å². The number of benzene rings is 2. The van der Waals surface area contributed by atoms with Crippen molar-refractivity contribution in [3.8, 4) is 0 Å². The van der Waals surface area contributed by atoms with Crippen LogP contribution in [-0.2, 0) is 10.0 Å². The number of hydrogen-bond acceptors (Lipinski definition) is 3. The molecule has 0 aliphatic rings. The van der Waals surface area contributed by atoms with Crippen LogP contribution in [0.25, 0.3) is 0 Å². The summed E-state index contributed by atoms with van der Waals surface area (Å²) in [6.45, 7) is 3.73. The lowest BCUT2D eigenvalue weighted by atomic mass is 10.2. The molecule has 0 aliphatic heterocycles. The molecule has 0 aromatic heterocycles. The van der Waals surface area contributed by atoms with Crippen molar-refractivity contribution < 1.29 is 13.2 Å². The predicted octanol–water partition coefficient (Wildman–Crippen LogP) is 3.62. The van der Waals surface area contributed by atoms with Gasteiger partial charge in [-0.1, -0.05) is 19.1 Å². The number of anilines is 1. The SMILES string of the molecule is CC[C@H](C)NS(=O)(=O)c1ccc(NC(=O)c2ccccc2I)cc1. The maximum atomic E-state index is 12.3. The van der Waals surface area contributed by atoms with Crippen molar-refractivity contribution in [2.75, 3.05) is 5.32 Å². The van der Waals surface area contributed by atoms with Gasteiger partial charge in [0, 0.05) is 15.3 Å². The Balaban J connectivity index is 2.13. The molecule has 2 aromatic carbocycles. The smallest absolute Gasteiger partial charge is 0.256 e. The quantitative estimate of drug-likeness (QED) is 0.650. The Labute approximate surface area is 156 Å². The number of halogens is 1. The molecule has 2 rings (SSSR count). The first-order chi connectivity index (χ1) is 11.3. The van der Waals surface area contributed by atoms with E-state index in [4.69, 9.17) is 0 Å². The first kappa shape index (κ1) is 18.9. The van der Waals surface area contributed by atoms with Crippen LogP contribution in [0.5, 0.6) is 0 Å². The molecule has 5 nitrogen and oxygen atoms in total. The molecule has 128 valence electrons. The third-order valence-corrected chi connectivity index (χ3v) is 6.06. The van der Waals surface area contributed by atoms with E-state index < -0.39 is 10.0 Å². The molecule has 0 fully saturated rings. The predicted molar refractivity (Wildman–Crippen MR) is 104 cm³/mol. The van der Waals surface area contributed by atoms with Crippen LogP contribution in [0.15, 0.2) is 53.4 Å². The summed E-state index contributed by atoms with van der Waals surface area (Å²) in [4.78, 5) is 12.4. The van der Waals surface area contributed by atoms with Crippen molar-refractivity contribution in [1.29, 1.82) is 0 Å². The Hall–Kier alpha value is -1.45. The number of rotatable bonds is 6. The topological polar surface area (TPSA) is 75.3 Å². The van der Waals surface area contributed by atoms with Gasteiger partial charge in [0.1, 0.15) is 0 Å². The molecule has 0 saturated carbocycles. The summed E-state index contributed by atoms with van der Waals surface area (Å²) in [6, 6.07) is 13.3. The second-order valence-corrected chi connectivity index (χ2v) is 8.27. The summed E-state index contributed by atoms with van der Waals surface area (Å²) < 4.78 is 27.9. The molecule has 2 N–H and O–H groups in total. The van der Waals surface area contributed by atoms with Crippen LogP contribution in [0.3, 0.4) is 0 Å². The first-order valence-corrected chi connectivity index (χ1v) is 10.1. The fourth-order valence-corrected chi connectivity index (χ4v) is 3.94. The zero-order valence-electron chi connectivity index (χ0n) is 13.4. The van der Waals surface area contributed by atoms with E-state index in [9.17, 15) is 13.2 Å². The van der Waals surface area contributed by atoms with E-state index >= 15 is 0 Å². The van der Waals surface area contributed by atoms with E-state index in [0.29, 0.717) is 17.7 Å². The summed E-state index contributed by atoms with van der Waals surface area (Å²) in [5.41, 5.74) is 1.12. The fraction of sp³-hybridized carbons (Fsp3) is 0.235. The zero-order valence-corrected chi connectivity index (χ0v) is 16.4. The van der Waals surface area contributed by atoms with Gasteiger partial charge in [-0.15, -0.1) is 0 Å². The van der Waals surface area contributed by atoms with Crippen LogP contribution in [0.1, 0.15) is 30.6 Å². The van der Waals surface area contributed by atoms with Crippen molar-refractivity contribution in [3.05, 3.63) is 57.7 Å². The highest BCUT2D eigenvalue weighted by Crippen LogP contribution is 2.17. The zero-order chi connectivity index (χ0) is 17.7. The minimum atomic E-state index is -3.54. The Morgan fingerprint density at radius 2 is 1.75 bits per heavy atom. The van der Waals surface area contributed by atoms with Gasteiger partial charge < -0.3 is 5.32 Å². The molecule has 1 atom stereocenters. The molecule has 24 heavy (non-hydrogen) atoms. The fourth-order valence-electron chi connectivity index (χ4n) is 1.98. The molecule has 0 aliphatic carbocycles. The maximum absolute atomic E-state index is 12.3. The summed E-state index contributed by atoms with van der Waals surface area (Å²) in [5, 5.41) is 2.77. The van der Waals surface area contributed by atoms with Crippen molar-refractivity contribution in [1.82, 2.24) is 4.72 Å². The first-order valence-electron chi connectivity index (χ1n) is 7.51. The van der Waals surface area contributed by atoms with Crippen molar-refractivity contribution in [2.24, 2.45) is 0 Å². The number of amides is 1. The molecule has 1 amide bonds. The highest BCUT2D eigenvalue weighted by Gasteiger charge is 2.16. The number of carbonyl (C=O) groups excluding carboxylic acids is 1. The van der Waals surface area contributed by atoms with Crippen molar-refractivity contribution in [3.63, 3.8) is 0 Å². The molecule has 0 spiro atoms. The number of sulfonamides is 1. The lowest BCUT2D eigenvalue weighted by Gasteiger charge is -2.12. The van der Waals surface area contributed by atoms with Crippen molar-refractivity contribution in [2.45, 2.75) is 31.2 Å². The van der Waals surface area contributed by atoms with Crippen LogP contribution in [-0.4, -0.2) is 20.4 Å². The molecule has 0 unspecified atom stereocenters. The molecule has 0 heterocycles. The van der Waals surface area contributed by atoms with E-state index in [0.717, 1.165) is 3.57 Å². The van der Waals surface area contributed by atoms with Gasteiger partial charge in [-0.2, -0.15) is 0 Å². The third kappa shape index (κ3) is 4.78. The average molecular weight is 458 g/mol. The Kier molecular flexibility index (Phi) is 6.36. The Morgan fingerprint density at radius 1 is 1.12 bits per heavy atom. The molecule has 0 radical (unpaired) electrons. The standard InChI is InChI=1S/C17H19IN2O3S/c1-3-12(2)20-24(22,23)14-10-8-13(9-11-14)19-17(21)15-6-4-5-7-16(15)18/h4-12,20H,3H2,1-2H3,(H,19,21)/t12-/m0/s1. The van der Waals surface area contributed by atoms with E-state index in [1.165, 1.54) is 12.1 Å². The number of carbonyl (C=O) groups is 1. The average Bonchev–Trinajstić information content (AvgIpc) is 2.55. The van der Waals surface area contributed by atoms with Gasteiger partial charge in [-0.25, -0.2) is 13.1 Å². The van der Waals surface area contributed by atoms with Gasteiger partial charge >= 0.3 is 0 Å². The van der Waals surface area contributed by atoms with Gasteiger partial charge in [0.15, 0.2) is 0 Å². The van der Waals surface area contributed by atoms with Gasteiger partial charge in [0.25, 0.3) is 5.91 Å². The minimum absolute atomic E-state index is 0.130. The minimum Gasteiger partial charge on any atom is -0.322 e. The largest absolute Gasteiger partial charge is 0.322 e. The highest BCUT2D eigenvalue weighted by atomic mass is 127. The van der Waals surface area contributed by atoms with Crippen LogP contribution >= 0.6 is 22.6 Å². The lowest BCUT2D eigenvalue weighted by molar-refractivity contribution is 0.102. The lowest BCUT2D eigenvalue weighted by Crippen LogP contribution is -2.31. The number of nitrogens with one attached hydrogen (secondary N) is 2. The summed E-state index contributed by atoms with van der Waals surface area (Å²) in [5.74, 6) is -0.228. The normalized spacial score (nSPS) is 12.6. The van der Waals surface area contributed by atoms with E-state index in [1.54, 1.807) is 24.3 Å². The van der Waals surface area contributed by atoms with E-state index in [1.807, 2.05) is 26.0 Å². The van der Waals surface area contributed by atoms with Gasteiger partial charge in [0.05, 0.1) is 10.5 Å². The summed E-state index contributed by atoms with van der Waals surface area (Å²) in [7, 11) is -3.54. The second kappa shape index (κ2) is 8.09. The van der Waals surface area contributed by atoms with Crippen LogP contribution in [0, 0.1) is 3.57 Å². The Bertz CT molecular complexity index is 820. The summed E-state index contributed by atoms with van der Waals surface area (Å²) >= 11 is 2.10. The monoisotopic (exact) mass is 458 g/mol. The van der Waals surface area contributed by atoms with Gasteiger partial charge in [0.2, 0.25) is 10.0 Å². The summed E-state index contributed by atoms with van der Waals surface area (Å²) in [6.07, 6.45) is 0.711. The molecular weight excluding hydrogens is 439 g/mol. The number of hydrogen-bond donors (Lipinski definition) is 2. The molecule has 0 bridgehead atoms. The maximum Gasteiger partial charge on any atom is 0.256 e. The third-order valence-electron chi connectivity index (χ3n) is 3.51. The molecule has 7 heteroatoms. The van der Waals surface area contributed by atoms with Gasteiger partial charge in [-0.05, 0) is 72.3 Å². The Morgan fingerprint density at radius 3 is 2.33 bits per heavy atom.